The van der Waals surface area contributed by atoms with Crippen LogP contribution in [-0.2, 0) is 22.6 Å². The number of carbonyl (C=O) groups excluding carboxylic acids is 3. The molecule has 42 heavy (non-hydrogen) atoms. The second-order valence-corrected chi connectivity index (χ2v) is 11.9. The van der Waals surface area contributed by atoms with Crippen LogP contribution in [0.3, 0.4) is 0 Å². The Morgan fingerprint density at radius 3 is 2.36 bits per heavy atom. The lowest BCUT2D eigenvalue weighted by Crippen LogP contribution is -2.55. The zero-order chi connectivity index (χ0) is 30.6. The molecule has 3 aromatic rings. The second-order valence-electron chi connectivity index (χ2n) is 10.7. The molecule has 0 saturated carbocycles. The molecule has 0 spiro atoms. The number of thiazole rings is 1. The highest BCUT2D eigenvalue weighted by molar-refractivity contribution is 7.13. The van der Waals surface area contributed by atoms with Gasteiger partial charge in [-0.25, -0.2) is 13.8 Å². The van der Waals surface area contributed by atoms with Gasteiger partial charge in [-0.2, -0.15) is 0 Å². The summed E-state index contributed by atoms with van der Waals surface area (Å²) in [6.45, 7) is 2.50. The van der Waals surface area contributed by atoms with E-state index >= 15 is 0 Å². The van der Waals surface area contributed by atoms with Gasteiger partial charge in [0.15, 0.2) is 6.10 Å². The third-order valence-electron chi connectivity index (χ3n) is 7.13. The highest BCUT2D eigenvalue weighted by Crippen LogP contribution is 2.33. The second kappa shape index (κ2) is 13.0. The Morgan fingerprint density at radius 1 is 1.10 bits per heavy atom. The molecule has 2 heterocycles. The van der Waals surface area contributed by atoms with E-state index in [-0.39, 0.29) is 13.0 Å². The van der Waals surface area contributed by atoms with Gasteiger partial charge < -0.3 is 25.5 Å². The van der Waals surface area contributed by atoms with Crippen molar-refractivity contribution < 1.29 is 28.3 Å². The molecule has 0 aliphatic carbocycles. The number of carbonyl (C=O) groups is 3. The van der Waals surface area contributed by atoms with E-state index in [1.807, 2.05) is 43.3 Å². The molecular formula is C30H35F2N5O4S. The maximum Gasteiger partial charge on any atom is 0.267 e. The number of hydrogen-bond acceptors (Lipinski definition) is 7. The number of anilines is 1. The van der Waals surface area contributed by atoms with E-state index in [2.05, 4.69) is 15.6 Å². The number of likely N-dealkylation sites (tertiary alicyclic amines) is 1. The zero-order valence-corrected chi connectivity index (χ0v) is 24.8. The number of nitrogens with zero attached hydrogens (tertiary/aromatic N) is 3. The number of halogens is 2. The van der Waals surface area contributed by atoms with Crippen LogP contribution >= 0.6 is 11.3 Å². The number of rotatable bonds is 10. The Balaban J connectivity index is 1.51. The van der Waals surface area contributed by atoms with Gasteiger partial charge in [0.2, 0.25) is 5.91 Å². The summed E-state index contributed by atoms with van der Waals surface area (Å²) in [4.78, 5) is 47.0. The number of nitrogens with one attached hydrogen (secondary N) is 2. The number of benzene rings is 2. The topological polar surface area (TPSA) is 115 Å². The molecule has 4 rings (SSSR count). The number of aromatic nitrogens is 1. The smallest absolute Gasteiger partial charge is 0.267 e. The minimum Gasteiger partial charge on any atom is -0.381 e. The van der Waals surface area contributed by atoms with Crippen molar-refractivity contribution in [1.82, 2.24) is 20.5 Å². The molecule has 1 aromatic heterocycles. The van der Waals surface area contributed by atoms with Crippen LogP contribution in [-0.4, -0.2) is 77.5 Å². The molecule has 12 heteroatoms. The Bertz CT molecular complexity index is 1410. The molecular weight excluding hydrogens is 564 g/mol. The third-order valence-corrected chi connectivity index (χ3v) is 8.21. The maximum absolute atomic E-state index is 14.6. The van der Waals surface area contributed by atoms with Gasteiger partial charge in [-0.05, 0) is 43.5 Å². The van der Waals surface area contributed by atoms with Crippen molar-refractivity contribution in [1.29, 1.82) is 0 Å². The lowest BCUT2D eigenvalue weighted by Gasteiger charge is -2.30. The van der Waals surface area contributed by atoms with E-state index in [4.69, 9.17) is 0 Å². The fourth-order valence-corrected chi connectivity index (χ4v) is 5.75. The Hall–Kier alpha value is -3.90. The molecule has 2 aromatic carbocycles. The first-order chi connectivity index (χ1) is 19.8. The van der Waals surface area contributed by atoms with Gasteiger partial charge in [-0.15, -0.1) is 11.3 Å². The SMILES string of the molecule is Cc1nc(C)c(C(=O)N[C@@H](Cc2ccccc2)[C@H](O)C(=O)N2CC(F)(F)C[C@H]2C(=O)NCc2ccc(N(C)C)cc2)s1. The van der Waals surface area contributed by atoms with Gasteiger partial charge in [-0.3, -0.25) is 14.4 Å². The molecule has 9 nitrogen and oxygen atoms in total. The summed E-state index contributed by atoms with van der Waals surface area (Å²) in [5, 5.41) is 17.2. The minimum absolute atomic E-state index is 0.0559. The van der Waals surface area contributed by atoms with Crippen molar-refractivity contribution in [2.24, 2.45) is 0 Å². The van der Waals surface area contributed by atoms with Crippen LogP contribution in [0.1, 0.15) is 37.9 Å². The summed E-state index contributed by atoms with van der Waals surface area (Å²) < 4.78 is 29.2. The van der Waals surface area contributed by atoms with E-state index in [1.54, 1.807) is 44.2 Å². The minimum atomic E-state index is -3.32. The number of alkyl halides is 2. The fourth-order valence-electron chi connectivity index (χ4n) is 4.93. The first kappa shape index (κ1) is 31.0. The molecule has 3 amide bonds. The zero-order valence-electron chi connectivity index (χ0n) is 23.9. The molecule has 0 radical (unpaired) electrons. The first-order valence-electron chi connectivity index (χ1n) is 13.5. The van der Waals surface area contributed by atoms with Crippen LogP contribution in [0.15, 0.2) is 54.6 Å². The van der Waals surface area contributed by atoms with Crippen LogP contribution in [0.5, 0.6) is 0 Å². The van der Waals surface area contributed by atoms with Crippen molar-refractivity contribution in [3.8, 4) is 0 Å². The van der Waals surface area contributed by atoms with Gasteiger partial charge in [0, 0.05) is 32.7 Å². The number of aliphatic hydroxyl groups excluding tert-OH is 1. The fraction of sp³-hybridized carbons (Fsp3) is 0.400. The summed E-state index contributed by atoms with van der Waals surface area (Å²) in [6, 6.07) is 13.6. The van der Waals surface area contributed by atoms with E-state index in [0.29, 0.717) is 21.1 Å². The average Bonchev–Trinajstić information content (AvgIpc) is 3.48. The molecule has 1 fully saturated rings. The van der Waals surface area contributed by atoms with Gasteiger partial charge in [-0.1, -0.05) is 42.5 Å². The van der Waals surface area contributed by atoms with Crippen LogP contribution in [0.4, 0.5) is 14.5 Å². The summed E-state index contributed by atoms with van der Waals surface area (Å²) in [6.07, 6.45) is -2.70. The quantitative estimate of drug-likeness (QED) is 0.330. The largest absolute Gasteiger partial charge is 0.381 e. The monoisotopic (exact) mass is 599 g/mol. The third kappa shape index (κ3) is 7.48. The molecule has 1 saturated heterocycles. The van der Waals surface area contributed by atoms with Crippen molar-refractivity contribution in [2.45, 2.75) is 57.3 Å². The van der Waals surface area contributed by atoms with Gasteiger partial charge in [0.05, 0.1) is 23.3 Å². The number of aryl methyl sites for hydroxylation is 2. The molecule has 0 bridgehead atoms. The summed E-state index contributed by atoms with van der Waals surface area (Å²) >= 11 is 1.17. The maximum atomic E-state index is 14.6. The summed E-state index contributed by atoms with van der Waals surface area (Å²) in [7, 11) is 3.79. The van der Waals surface area contributed by atoms with Crippen molar-refractivity contribution in [3.63, 3.8) is 0 Å². The molecule has 3 N–H and O–H groups in total. The molecule has 0 unspecified atom stereocenters. The van der Waals surface area contributed by atoms with Crippen LogP contribution in [0.25, 0.3) is 0 Å². The predicted octanol–water partition coefficient (Wildman–Crippen LogP) is 3.08. The van der Waals surface area contributed by atoms with Crippen LogP contribution in [0, 0.1) is 13.8 Å². The Morgan fingerprint density at radius 2 is 1.76 bits per heavy atom. The van der Waals surface area contributed by atoms with Gasteiger partial charge >= 0.3 is 0 Å². The van der Waals surface area contributed by atoms with Crippen LogP contribution in [0.2, 0.25) is 0 Å². The summed E-state index contributed by atoms with van der Waals surface area (Å²) in [5.74, 6) is -5.66. The standard InChI is InChI=1S/C30H35F2N5O4S/c1-18-26(42-19(2)34-18)28(40)35-23(14-20-8-6-5-7-9-20)25(38)29(41)37-17-30(31,32)15-24(37)27(39)33-16-21-10-12-22(13-11-21)36(3)4/h5-13,23-25,38H,14-17H2,1-4H3,(H,33,39)(H,35,40)/t23-,24-,25-/m0/s1. The number of aliphatic hydroxyl groups is 1. The predicted molar refractivity (Wildman–Crippen MR) is 157 cm³/mol. The van der Waals surface area contributed by atoms with Crippen LogP contribution < -0.4 is 15.5 Å². The van der Waals surface area contributed by atoms with E-state index in [0.717, 1.165) is 16.2 Å². The normalized spacial score (nSPS) is 17.4. The molecule has 224 valence electrons. The highest BCUT2D eigenvalue weighted by atomic mass is 32.1. The van der Waals surface area contributed by atoms with E-state index in [1.165, 1.54) is 11.3 Å². The number of amides is 3. The van der Waals surface area contributed by atoms with Crippen molar-refractivity contribution in [2.75, 3.05) is 25.5 Å². The highest BCUT2D eigenvalue weighted by Gasteiger charge is 2.51. The Kier molecular flexibility index (Phi) is 9.57. The van der Waals surface area contributed by atoms with Crippen molar-refractivity contribution in [3.05, 3.63) is 81.3 Å². The lowest BCUT2D eigenvalue weighted by atomic mass is 9.99. The first-order valence-corrected chi connectivity index (χ1v) is 14.4. The van der Waals surface area contributed by atoms with E-state index in [9.17, 15) is 28.3 Å². The molecule has 3 atom stereocenters. The van der Waals surface area contributed by atoms with Gasteiger partial charge in [0.25, 0.3) is 17.7 Å². The van der Waals surface area contributed by atoms with Gasteiger partial charge in [0.1, 0.15) is 10.9 Å². The average molecular weight is 600 g/mol. The van der Waals surface area contributed by atoms with Crippen molar-refractivity contribution >= 4 is 34.7 Å². The number of hydrogen-bond donors (Lipinski definition) is 3. The Labute approximate surface area is 247 Å². The lowest BCUT2D eigenvalue weighted by molar-refractivity contribution is -0.147. The molecule has 1 aliphatic heterocycles. The van der Waals surface area contributed by atoms with E-state index < -0.39 is 54.8 Å². The summed E-state index contributed by atoms with van der Waals surface area (Å²) in [5.41, 5.74) is 2.94. The molecule has 1 aliphatic rings.